The van der Waals surface area contributed by atoms with Gasteiger partial charge in [0.2, 0.25) is 0 Å². The largest absolute Gasteiger partial charge is 0.496 e. The fourth-order valence-corrected chi connectivity index (χ4v) is 4.30. The molecule has 2 aromatic carbocycles. The van der Waals surface area contributed by atoms with E-state index in [-0.39, 0.29) is 11.8 Å². The van der Waals surface area contributed by atoms with Crippen LogP contribution in [0.2, 0.25) is 0 Å². The Morgan fingerprint density at radius 2 is 1.83 bits per heavy atom. The number of piperidine rings is 1. The Hall–Kier alpha value is -3.08. The van der Waals surface area contributed by atoms with E-state index in [1.165, 1.54) is 4.90 Å². The van der Waals surface area contributed by atoms with Crippen LogP contribution in [-0.2, 0) is 9.59 Å². The van der Waals surface area contributed by atoms with Gasteiger partial charge in [-0.25, -0.2) is 4.90 Å². The summed E-state index contributed by atoms with van der Waals surface area (Å²) in [6.07, 6.45) is 2.15. The summed E-state index contributed by atoms with van der Waals surface area (Å²) in [4.78, 5) is 30.6. The Kier molecular flexibility index (Phi) is 5.14. The average molecular weight is 390 g/mol. The van der Waals surface area contributed by atoms with Gasteiger partial charge >= 0.3 is 0 Å². The second-order valence-corrected chi connectivity index (χ2v) is 7.90. The Labute approximate surface area is 171 Å². The minimum absolute atomic E-state index is 0.254. The van der Waals surface area contributed by atoms with Gasteiger partial charge in [-0.3, -0.25) is 9.59 Å². The summed E-state index contributed by atoms with van der Waals surface area (Å²) in [5.74, 6) is 0.525. The number of hydrogen-bond acceptors (Lipinski definition) is 4. The van der Waals surface area contributed by atoms with Crippen LogP contribution >= 0.6 is 0 Å². The van der Waals surface area contributed by atoms with E-state index in [0.29, 0.717) is 34.2 Å². The van der Waals surface area contributed by atoms with Crippen molar-refractivity contribution in [1.29, 1.82) is 0 Å². The van der Waals surface area contributed by atoms with Crippen molar-refractivity contribution in [2.45, 2.75) is 26.7 Å². The average Bonchev–Trinajstić information content (AvgIpc) is 2.98. The molecule has 0 bridgehead atoms. The van der Waals surface area contributed by atoms with Gasteiger partial charge in [-0.2, -0.15) is 0 Å². The van der Waals surface area contributed by atoms with Crippen LogP contribution in [0.15, 0.2) is 54.2 Å². The molecule has 1 fully saturated rings. The van der Waals surface area contributed by atoms with Gasteiger partial charge in [0.05, 0.1) is 18.4 Å². The monoisotopic (exact) mass is 390 g/mol. The number of hydrogen-bond donors (Lipinski definition) is 0. The fourth-order valence-electron chi connectivity index (χ4n) is 4.30. The zero-order valence-electron chi connectivity index (χ0n) is 17.1. The standard InChI is InChI=1S/C24H26N2O3/c1-16-8-6-10-18(14-16)26-23(27)21(19-11-4-5-12-20(19)29-3)22(24(26)28)25-13-7-9-17(2)15-25/h4-6,8,10-12,14,17H,7,9,13,15H2,1-3H3. The molecule has 2 aliphatic heterocycles. The van der Waals surface area contributed by atoms with E-state index < -0.39 is 0 Å². The minimum Gasteiger partial charge on any atom is -0.496 e. The molecule has 1 unspecified atom stereocenters. The topological polar surface area (TPSA) is 49.9 Å². The molecule has 0 aromatic heterocycles. The number of imide groups is 1. The Balaban J connectivity index is 1.87. The second-order valence-electron chi connectivity index (χ2n) is 7.90. The molecular formula is C24H26N2O3. The van der Waals surface area contributed by atoms with E-state index in [4.69, 9.17) is 4.74 Å². The lowest BCUT2D eigenvalue weighted by Crippen LogP contribution is -2.39. The third kappa shape index (κ3) is 3.41. The first-order valence-corrected chi connectivity index (χ1v) is 10.1. The molecule has 5 nitrogen and oxygen atoms in total. The molecule has 4 rings (SSSR count). The lowest BCUT2D eigenvalue weighted by molar-refractivity contribution is -0.120. The quantitative estimate of drug-likeness (QED) is 0.740. The highest BCUT2D eigenvalue weighted by Crippen LogP contribution is 2.39. The van der Waals surface area contributed by atoms with Crippen molar-refractivity contribution in [2.75, 3.05) is 25.1 Å². The molecule has 0 radical (unpaired) electrons. The van der Waals surface area contributed by atoms with E-state index in [1.807, 2.05) is 55.5 Å². The number of carbonyl (C=O) groups is 2. The molecule has 5 heteroatoms. The molecule has 0 N–H and O–H groups in total. The smallest absolute Gasteiger partial charge is 0.282 e. The van der Waals surface area contributed by atoms with Gasteiger partial charge in [0, 0.05) is 18.7 Å². The first-order valence-electron chi connectivity index (χ1n) is 10.1. The van der Waals surface area contributed by atoms with Gasteiger partial charge in [-0.1, -0.05) is 37.3 Å². The zero-order chi connectivity index (χ0) is 20.5. The highest BCUT2D eigenvalue weighted by Gasteiger charge is 2.43. The van der Waals surface area contributed by atoms with E-state index in [9.17, 15) is 9.59 Å². The van der Waals surface area contributed by atoms with Gasteiger partial charge in [0.25, 0.3) is 11.8 Å². The molecule has 0 saturated carbocycles. The predicted molar refractivity (Wildman–Crippen MR) is 114 cm³/mol. The maximum atomic E-state index is 13.6. The highest BCUT2D eigenvalue weighted by molar-refractivity contribution is 6.45. The zero-order valence-corrected chi connectivity index (χ0v) is 17.1. The SMILES string of the molecule is COc1ccccc1C1=C(N2CCCC(C)C2)C(=O)N(c2cccc(C)c2)C1=O. The van der Waals surface area contributed by atoms with Crippen molar-refractivity contribution in [2.24, 2.45) is 5.92 Å². The van der Waals surface area contributed by atoms with Crippen molar-refractivity contribution in [3.8, 4) is 5.75 Å². The normalized spacial score (nSPS) is 19.9. The van der Waals surface area contributed by atoms with Crippen LogP contribution in [0.4, 0.5) is 5.69 Å². The Morgan fingerprint density at radius 3 is 2.55 bits per heavy atom. The third-order valence-electron chi connectivity index (χ3n) is 5.67. The summed E-state index contributed by atoms with van der Waals surface area (Å²) in [6, 6.07) is 14.9. The van der Waals surface area contributed by atoms with E-state index in [2.05, 4.69) is 11.8 Å². The number of para-hydroxylation sites is 1. The fraction of sp³-hybridized carbons (Fsp3) is 0.333. The van der Waals surface area contributed by atoms with Crippen LogP contribution in [0.25, 0.3) is 5.57 Å². The summed E-state index contributed by atoms with van der Waals surface area (Å²) < 4.78 is 5.52. The van der Waals surface area contributed by atoms with E-state index in [1.54, 1.807) is 7.11 Å². The predicted octanol–water partition coefficient (Wildman–Crippen LogP) is 4.02. The molecule has 2 aliphatic rings. The van der Waals surface area contributed by atoms with Crippen LogP contribution in [0.1, 0.15) is 30.9 Å². The first-order chi connectivity index (χ1) is 14.0. The van der Waals surface area contributed by atoms with Crippen molar-refractivity contribution in [3.05, 3.63) is 65.4 Å². The van der Waals surface area contributed by atoms with Crippen LogP contribution in [0, 0.1) is 12.8 Å². The molecule has 0 aliphatic carbocycles. The molecule has 2 aromatic rings. The molecule has 29 heavy (non-hydrogen) atoms. The van der Waals surface area contributed by atoms with Crippen molar-refractivity contribution < 1.29 is 14.3 Å². The Morgan fingerprint density at radius 1 is 1.03 bits per heavy atom. The minimum atomic E-state index is -0.293. The van der Waals surface area contributed by atoms with Gasteiger partial charge in [0.15, 0.2) is 0 Å². The van der Waals surface area contributed by atoms with E-state index in [0.717, 1.165) is 31.5 Å². The number of carbonyl (C=O) groups excluding carboxylic acids is 2. The molecule has 1 saturated heterocycles. The maximum Gasteiger partial charge on any atom is 0.282 e. The summed E-state index contributed by atoms with van der Waals surface area (Å²) in [6.45, 7) is 5.69. The van der Waals surface area contributed by atoms with Gasteiger partial charge in [0.1, 0.15) is 11.4 Å². The number of amides is 2. The molecule has 1 atom stereocenters. The second kappa shape index (κ2) is 7.74. The van der Waals surface area contributed by atoms with Gasteiger partial charge in [-0.15, -0.1) is 0 Å². The number of methoxy groups -OCH3 is 1. The van der Waals surface area contributed by atoms with Crippen molar-refractivity contribution >= 4 is 23.1 Å². The number of ether oxygens (including phenoxy) is 1. The lowest BCUT2D eigenvalue weighted by atomic mass is 9.97. The summed E-state index contributed by atoms with van der Waals surface area (Å²) in [5, 5.41) is 0. The van der Waals surface area contributed by atoms with Crippen molar-refractivity contribution in [3.63, 3.8) is 0 Å². The van der Waals surface area contributed by atoms with Gasteiger partial charge < -0.3 is 9.64 Å². The van der Waals surface area contributed by atoms with E-state index >= 15 is 0 Å². The van der Waals surface area contributed by atoms with Crippen molar-refractivity contribution in [1.82, 2.24) is 4.90 Å². The number of likely N-dealkylation sites (tertiary alicyclic amines) is 1. The third-order valence-corrected chi connectivity index (χ3v) is 5.67. The first kappa shape index (κ1) is 19.2. The van der Waals surface area contributed by atoms with Gasteiger partial charge in [-0.05, 0) is 49.4 Å². The number of anilines is 1. The molecule has 150 valence electrons. The summed E-state index contributed by atoms with van der Waals surface area (Å²) >= 11 is 0. The number of aryl methyl sites for hydroxylation is 1. The summed E-state index contributed by atoms with van der Waals surface area (Å²) in [7, 11) is 1.58. The number of rotatable bonds is 4. The van der Waals surface area contributed by atoms with Crippen LogP contribution in [0.5, 0.6) is 5.75 Å². The molecule has 2 amide bonds. The van der Waals surface area contributed by atoms with Crippen LogP contribution in [0.3, 0.4) is 0 Å². The lowest BCUT2D eigenvalue weighted by Gasteiger charge is -2.33. The Bertz CT molecular complexity index is 995. The maximum absolute atomic E-state index is 13.6. The highest BCUT2D eigenvalue weighted by atomic mass is 16.5. The van der Waals surface area contributed by atoms with Crippen LogP contribution < -0.4 is 9.64 Å². The number of nitrogens with zero attached hydrogens (tertiary/aromatic N) is 2. The van der Waals surface area contributed by atoms with Crippen LogP contribution in [-0.4, -0.2) is 36.9 Å². The summed E-state index contributed by atoms with van der Waals surface area (Å²) in [5.41, 5.74) is 3.20. The number of benzene rings is 2. The molecule has 2 heterocycles. The molecule has 0 spiro atoms. The molecular weight excluding hydrogens is 364 g/mol.